The third kappa shape index (κ3) is 3.97. The standard InChI is InChI=1S/C20H21N5O/c1-14(26)16-8-10-17(11-9-16)24-19-18(21)20(23-13-22-19)25(2)12-15-6-4-3-5-7-15/h3-11,13H,12,21H2,1-2H3,(H,22,23,24). The molecule has 3 N–H and O–H groups in total. The van der Waals surface area contributed by atoms with Gasteiger partial charge in [-0.15, -0.1) is 0 Å². The van der Waals surface area contributed by atoms with Gasteiger partial charge in [-0.05, 0) is 36.8 Å². The van der Waals surface area contributed by atoms with E-state index in [1.807, 2.05) is 42.3 Å². The van der Waals surface area contributed by atoms with Crippen LogP contribution in [0.15, 0.2) is 60.9 Å². The van der Waals surface area contributed by atoms with Gasteiger partial charge >= 0.3 is 0 Å². The first-order valence-corrected chi connectivity index (χ1v) is 8.28. The van der Waals surface area contributed by atoms with Gasteiger partial charge in [0, 0.05) is 24.8 Å². The largest absolute Gasteiger partial charge is 0.393 e. The smallest absolute Gasteiger partial charge is 0.159 e. The number of carbonyl (C=O) groups excluding carboxylic acids is 1. The number of Topliss-reactive ketones (excluding diaryl/α,β-unsaturated/α-hetero) is 1. The van der Waals surface area contributed by atoms with Crippen molar-refractivity contribution in [3.63, 3.8) is 0 Å². The fourth-order valence-electron chi connectivity index (χ4n) is 2.65. The maximum atomic E-state index is 11.4. The number of benzene rings is 2. The van der Waals surface area contributed by atoms with E-state index in [0.29, 0.717) is 29.4 Å². The first-order valence-electron chi connectivity index (χ1n) is 8.28. The third-order valence-corrected chi connectivity index (χ3v) is 4.04. The van der Waals surface area contributed by atoms with Crippen LogP contribution in [-0.2, 0) is 6.54 Å². The second kappa shape index (κ2) is 7.65. The van der Waals surface area contributed by atoms with Crippen LogP contribution >= 0.6 is 0 Å². The van der Waals surface area contributed by atoms with Gasteiger partial charge in [0.05, 0.1) is 0 Å². The van der Waals surface area contributed by atoms with Crippen molar-refractivity contribution in [1.29, 1.82) is 0 Å². The van der Waals surface area contributed by atoms with E-state index < -0.39 is 0 Å². The second-order valence-electron chi connectivity index (χ2n) is 6.06. The van der Waals surface area contributed by atoms with Gasteiger partial charge < -0.3 is 16.0 Å². The van der Waals surface area contributed by atoms with Crippen molar-refractivity contribution in [2.45, 2.75) is 13.5 Å². The van der Waals surface area contributed by atoms with Crippen molar-refractivity contribution in [3.8, 4) is 0 Å². The van der Waals surface area contributed by atoms with Crippen molar-refractivity contribution >= 4 is 28.8 Å². The zero-order chi connectivity index (χ0) is 18.5. The third-order valence-electron chi connectivity index (χ3n) is 4.04. The fourth-order valence-corrected chi connectivity index (χ4v) is 2.65. The van der Waals surface area contributed by atoms with Crippen molar-refractivity contribution in [2.75, 3.05) is 23.0 Å². The molecule has 3 rings (SSSR count). The Kier molecular flexibility index (Phi) is 5.12. The molecule has 6 heteroatoms. The van der Waals surface area contributed by atoms with E-state index in [-0.39, 0.29) is 5.78 Å². The average Bonchev–Trinajstić information content (AvgIpc) is 2.64. The molecule has 0 spiro atoms. The summed E-state index contributed by atoms with van der Waals surface area (Å²) in [6.45, 7) is 2.23. The summed E-state index contributed by atoms with van der Waals surface area (Å²) in [7, 11) is 1.94. The highest BCUT2D eigenvalue weighted by Crippen LogP contribution is 2.28. The zero-order valence-electron chi connectivity index (χ0n) is 14.8. The highest BCUT2D eigenvalue weighted by Gasteiger charge is 2.13. The Morgan fingerprint density at radius 2 is 1.77 bits per heavy atom. The highest BCUT2D eigenvalue weighted by molar-refractivity contribution is 5.94. The molecule has 6 nitrogen and oxygen atoms in total. The van der Waals surface area contributed by atoms with Crippen LogP contribution in [0.2, 0.25) is 0 Å². The number of nitrogen functional groups attached to an aromatic ring is 1. The molecule has 26 heavy (non-hydrogen) atoms. The summed E-state index contributed by atoms with van der Waals surface area (Å²) in [6.07, 6.45) is 1.49. The normalized spacial score (nSPS) is 10.4. The van der Waals surface area contributed by atoms with Gasteiger partial charge in [-0.25, -0.2) is 9.97 Å². The molecule has 0 aliphatic carbocycles. The summed E-state index contributed by atoms with van der Waals surface area (Å²) in [4.78, 5) is 21.9. The lowest BCUT2D eigenvalue weighted by molar-refractivity contribution is 0.101. The minimum atomic E-state index is 0.0305. The van der Waals surface area contributed by atoms with Crippen LogP contribution in [0.25, 0.3) is 0 Å². The van der Waals surface area contributed by atoms with E-state index in [9.17, 15) is 4.79 Å². The quantitative estimate of drug-likeness (QED) is 0.662. The molecule has 0 bridgehead atoms. The predicted octanol–water partition coefficient (Wildman–Crippen LogP) is 3.64. The molecule has 1 heterocycles. The number of carbonyl (C=O) groups is 1. The van der Waals surface area contributed by atoms with E-state index >= 15 is 0 Å². The van der Waals surface area contributed by atoms with Crippen molar-refractivity contribution in [3.05, 3.63) is 72.1 Å². The Morgan fingerprint density at radius 3 is 2.42 bits per heavy atom. The average molecular weight is 347 g/mol. The van der Waals surface area contributed by atoms with Gasteiger partial charge in [0.15, 0.2) is 17.4 Å². The van der Waals surface area contributed by atoms with Gasteiger partial charge in [0.1, 0.15) is 12.0 Å². The Bertz CT molecular complexity index is 894. The molecule has 0 unspecified atom stereocenters. The van der Waals surface area contributed by atoms with Gasteiger partial charge in [-0.1, -0.05) is 30.3 Å². The molecule has 0 atom stereocenters. The predicted molar refractivity (Wildman–Crippen MR) is 105 cm³/mol. The molecule has 0 fully saturated rings. The fraction of sp³-hybridized carbons (Fsp3) is 0.150. The number of ketones is 1. The summed E-state index contributed by atoms with van der Waals surface area (Å²) < 4.78 is 0. The minimum Gasteiger partial charge on any atom is -0.393 e. The monoisotopic (exact) mass is 347 g/mol. The Hall–Kier alpha value is -3.41. The number of hydrogen-bond donors (Lipinski definition) is 2. The van der Waals surface area contributed by atoms with Crippen LogP contribution < -0.4 is 16.0 Å². The molecule has 2 aromatic carbocycles. The lowest BCUT2D eigenvalue weighted by Crippen LogP contribution is -2.20. The molecular formula is C20H21N5O. The number of hydrogen-bond acceptors (Lipinski definition) is 6. The summed E-state index contributed by atoms with van der Waals surface area (Å²) in [5.74, 6) is 1.22. The van der Waals surface area contributed by atoms with Crippen molar-refractivity contribution < 1.29 is 4.79 Å². The summed E-state index contributed by atoms with van der Waals surface area (Å²) in [5, 5.41) is 3.18. The van der Waals surface area contributed by atoms with Crippen LogP contribution in [0.4, 0.5) is 23.0 Å². The molecule has 0 radical (unpaired) electrons. The van der Waals surface area contributed by atoms with Gasteiger partial charge in [-0.3, -0.25) is 4.79 Å². The number of nitrogens with two attached hydrogens (primary N) is 1. The minimum absolute atomic E-state index is 0.0305. The van der Waals surface area contributed by atoms with Crippen LogP contribution in [0, 0.1) is 0 Å². The summed E-state index contributed by atoms with van der Waals surface area (Å²) in [5.41, 5.74) is 9.39. The molecule has 3 aromatic rings. The first kappa shape index (κ1) is 17.4. The van der Waals surface area contributed by atoms with Gasteiger partial charge in [-0.2, -0.15) is 0 Å². The number of rotatable bonds is 6. The molecule has 0 saturated carbocycles. The molecule has 0 saturated heterocycles. The molecule has 1 aromatic heterocycles. The Morgan fingerprint density at radius 1 is 1.08 bits per heavy atom. The van der Waals surface area contributed by atoms with Crippen molar-refractivity contribution in [1.82, 2.24) is 9.97 Å². The van der Waals surface area contributed by atoms with Crippen molar-refractivity contribution in [2.24, 2.45) is 0 Å². The van der Waals surface area contributed by atoms with Crippen LogP contribution in [0.1, 0.15) is 22.8 Å². The maximum Gasteiger partial charge on any atom is 0.159 e. The summed E-state index contributed by atoms with van der Waals surface area (Å²) in [6, 6.07) is 17.3. The van der Waals surface area contributed by atoms with Crippen LogP contribution in [0.3, 0.4) is 0 Å². The van der Waals surface area contributed by atoms with E-state index in [1.165, 1.54) is 11.9 Å². The SMILES string of the molecule is CC(=O)c1ccc(Nc2ncnc(N(C)Cc3ccccc3)c2N)cc1. The molecule has 0 amide bonds. The highest BCUT2D eigenvalue weighted by atomic mass is 16.1. The second-order valence-corrected chi connectivity index (χ2v) is 6.06. The molecular weight excluding hydrogens is 326 g/mol. The molecule has 132 valence electrons. The Labute approximate surface area is 152 Å². The first-order chi connectivity index (χ1) is 12.5. The van der Waals surface area contributed by atoms with E-state index in [2.05, 4.69) is 27.4 Å². The Balaban J connectivity index is 1.79. The lowest BCUT2D eigenvalue weighted by Gasteiger charge is -2.21. The number of anilines is 4. The van der Waals surface area contributed by atoms with Gasteiger partial charge in [0.2, 0.25) is 0 Å². The summed E-state index contributed by atoms with van der Waals surface area (Å²) >= 11 is 0. The lowest BCUT2D eigenvalue weighted by atomic mass is 10.1. The maximum absolute atomic E-state index is 11.4. The van der Waals surface area contributed by atoms with E-state index in [0.717, 1.165) is 5.69 Å². The zero-order valence-corrected chi connectivity index (χ0v) is 14.8. The van der Waals surface area contributed by atoms with E-state index in [4.69, 9.17) is 5.73 Å². The topological polar surface area (TPSA) is 84.1 Å². The number of nitrogens with one attached hydrogen (secondary N) is 1. The van der Waals surface area contributed by atoms with E-state index in [1.54, 1.807) is 19.1 Å². The number of aromatic nitrogens is 2. The van der Waals surface area contributed by atoms with Crippen LogP contribution in [-0.4, -0.2) is 22.8 Å². The molecule has 0 aliphatic heterocycles. The molecule has 0 aliphatic rings. The number of nitrogens with zero attached hydrogens (tertiary/aromatic N) is 3. The van der Waals surface area contributed by atoms with Crippen LogP contribution in [0.5, 0.6) is 0 Å². The van der Waals surface area contributed by atoms with Gasteiger partial charge in [0.25, 0.3) is 0 Å².